The van der Waals surface area contributed by atoms with Crippen LogP contribution in [0.5, 0.6) is 0 Å². The highest BCUT2D eigenvalue weighted by Crippen LogP contribution is 2.74. The molecule has 3 heteroatoms. The van der Waals surface area contributed by atoms with Crippen LogP contribution in [0.1, 0.15) is 38.5 Å². The monoisotopic (exact) mass is 290 g/mol. The Hall–Kier alpha value is 0.870. The highest BCUT2D eigenvalue weighted by atomic mass is 79.9. The maximum Gasteiger partial charge on any atom is 0.0964 e. The largest absolute Gasteiger partial charge is 0.205 e. The van der Waals surface area contributed by atoms with Crippen molar-refractivity contribution < 1.29 is 0 Å². The average molecular weight is 291 g/mol. The van der Waals surface area contributed by atoms with Gasteiger partial charge >= 0.3 is 0 Å². The van der Waals surface area contributed by atoms with Crippen molar-refractivity contribution in [2.24, 2.45) is 17.3 Å². The van der Waals surface area contributed by atoms with E-state index in [1.807, 2.05) is 0 Å². The van der Waals surface area contributed by atoms with Crippen molar-refractivity contribution in [2.45, 2.75) is 48.0 Å². The third kappa shape index (κ3) is 1.55. The number of alkyl halides is 1. The Bertz CT molecular complexity index is 282. The highest BCUT2D eigenvalue weighted by molar-refractivity contribution is 9.10. The first-order chi connectivity index (χ1) is 6.82. The van der Waals surface area contributed by atoms with Gasteiger partial charge in [-0.2, -0.15) is 0 Å². The zero-order valence-corrected chi connectivity index (χ0v) is 12.3. The van der Waals surface area contributed by atoms with Crippen LogP contribution in [-0.2, 0) is 0 Å². The van der Waals surface area contributed by atoms with E-state index in [4.69, 9.17) is 5.50 Å². The van der Waals surface area contributed by atoms with Gasteiger partial charge in [-0.1, -0.05) is 15.9 Å². The molecule has 0 saturated heterocycles. The van der Waals surface area contributed by atoms with E-state index in [0.717, 1.165) is 11.8 Å². The Kier molecular flexibility index (Phi) is 2.20. The standard InChI is InChI=1S/C12H22BrNP/c1-15(2,14)12-6-9-3-10(7-12)5-11(13,4-9)8-12/h9-10H,3-8,14H2,1-2H3/q+1/t9-,10-,11?,12?/m1/s1. The molecule has 2 atom stereocenters. The Morgan fingerprint density at radius 2 is 1.67 bits per heavy atom. The molecule has 86 valence electrons. The Labute approximate surface area is 102 Å². The molecular formula is C12H22BrNP+. The van der Waals surface area contributed by atoms with Gasteiger partial charge in [0.2, 0.25) is 0 Å². The fourth-order valence-electron chi connectivity index (χ4n) is 4.78. The van der Waals surface area contributed by atoms with E-state index < -0.39 is 7.41 Å². The lowest BCUT2D eigenvalue weighted by atomic mass is 9.56. The van der Waals surface area contributed by atoms with E-state index >= 15 is 0 Å². The van der Waals surface area contributed by atoms with Crippen molar-refractivity contribution >= 4 is 23.3 Å². The van der Waals surface area contributed by atoms with E-state index in [-0.39, 0.29) is 0 Å². The van der Waals surface area contributed by atoms with Crippen LogP contribution in [0.3, 0.4) is 0 Å². The first-order valence-corrected chi connectivity index (χ1v) is 9.68. The predicted molar refractivity (Wildman–Crippen MR) is 72.0 cm³/mol. The van der Waals surface area contributed by atoms with Gasteiger partial charge < -0.3 is 0 Å². The quantitative estimate of drug-likeness (QED) is 0.579. The fraction of sp³-hybridized carbons (Fsp3) is 1.00. The second-order valence-electron chi connectivity index (χ2n) is 6.88. The predicted octanol–water partition coefficient (Wildman–Crippen LogP) is 3.62. The number of halogens is 1. The molecule has 0 radical (unpaired) electrons. The van der Waals surface area contributed by atoms with Gasteiger partial charge in [-0.3, -0.25) is 0 Å². The molecule has 4 aliphatic carbocycles. The maximum absolute atomic E-state index is 6.58. The molecule has 4 fully saturated rings. The second-order valence-corrected chi connectivity index (χ2v) is 12.6. The number of nitrogens with two attached hydrogens (primary N) is 1. The van der Waals surface area contributed by atoms with Crippen molar-refractivity contribution in [1.29, 1.82) is 0 Å². The molecule has 1 nitrogen and oxygen atoms in total. The molecule has 4 aliphatic rings. The van der Waals surface area contributed by atoms with Gasteiger partial charge in [-0.25, -0.2) is 5.50 Å². The minimum atomic E-state index is -1.19. The summed E-state index contributed by atoms with van der Waals surface area (Å²) in [6.45, 7) is 4.72. The van der Waals surface area contributed by atoms with Crippen molar-refractivity contribution in [3.05, 3.63) is 0 Å². The molecule has 4 rings (SSSR count). The molecule has 2 N–H and O–H groups in total. The average Bonchev–Trinajstić information content (AvgIpc) is 1.95. The summed E-state index contributed by atoms with van der Waals surface area (Å²) in [5.74, 6) is 1.96. The summed E-state index contributed by atoms with van der Waals surface area (Å²) >= 11 is 4.05. The highest BCUT2D eigenvalue weighted by Gasteiger charge is 2.64. The summed E-state index contributed by atoms with van der Waals surface area (Å²) < 4.78 is 0.480. The van der Waals surface area contributed by atoms with E-state index in [9.17, 15) is 0 Å². The van der Waals surface area contributed by atoms with Crippen molar-refractivity contribution in [1.82, 2.24) is 0 Å². The summed E-state index contributed by atoms with van der Waals surface area (Å²) in [5.41, 5.74) is 6.58. The second kappa shape index (κ2) is 3.00. The third-order valence-electron chi connectivity index (χ3n) is 5.18. The van der Waals surface area contributed by atoms with Crippen LogP contribution in [0.2, 0.25) is 0 Å². The minimum absolute atomic E-state index is 0.480. The van der Waals surface area contributed by atoms with Gasteiger partial charge in [0.05, 0.1) is 25.9 Å². The zero-order valence-electron chi connectivity index (χ0n) is 9.80. The molecular weight excluding hydrogens is 269 g/mol. The molecule has 0 amide bonds. The summed E-state index contributed by atoms with van der Waals surface area (Å²) in [7, 11) is -1.19. The minimum Gasteiger partial charge on any atom is -0.205 e. The van der Waals surface area contributed by atoms with E-state index in [1.54, 1.807) is 0 Å². The summed E-state index contributed by atoms with van der Waals surface area (Å²) in [4.78, 5) is 0. The van der Waals surface area contributed by atoms with Gasteiger partial charge in [-0.15, -0.1) is 0 Å². The smallest absolute Gasteiger partial charge is 0.0964 e. The van der Waals surface area contributed by atoms with Gasteiger partial charge in [0.15, 0.2) is 0 Å². The Morgan fingerprint density at radius 1 is 1.13 bits per heavy atom. The lowest BCUT2D eigenvalue weighted by Gasteiger charge is -2.60. The summed E-state index contributed by atoms with van der Waals surface area (Å²) in [5, 5.41) is 0.542. The summed E-state index contributed by atoms with van der Waals surface area (Å²) in [6, 6.07) is 0. The van der Waals surface area contributed by atoms with E-state index in [0.29, 0.717) is 9.48 Å². The normalized spacial score (nSPS) is 53.6. The molecule has 0 aromatic rings. The van der Waals surface area contributed by atoms with Crippen LogP contribution in [-0.4, -0.2) is 22.8 Å². The van der Waals surface area contributed by atoms with Crippen LogP contribution in [0, 0.1) is 11.8 Å². The first-order valence-electron chi connectivity index (χ1n) is 6.14. The van der Waals surface area contributed by atoms with Crippen LogP contribution >= 0.6 is 23.3 Å². The number of rotatable bonds is 1. The van der Waals surface area contributed by atoms with Crippen LogP contribution in [0.4, 0.5) is 0 Å². The van der Waals surface area contributed by atoms with Crippen molar-refractivity contribution in [3.8, 4) is 0 Å². The molecule has 15 heavy (non-hydrogen) atoms. The van der Waals surface area contributed by atoms with Gasteiger partial charge in [0, 0.05) is 10.7 Å². The topological polar surface area (TPSA) is 26.0 Å². The Morgan fingerprint density at radius 3 is 2.07 bits per heavy atom. The zero-order chi connectivity index (χ0) is 10.9. The van der Waals surface area contributed by atoms with Gasteiger partial charge in [0.1, 0.15) is 0 Å². The van der Waals surface area contributed by atoms with Crippen molar-refractivity contribution in [2.75, 3.05) is 13.3 Å². The number of hydrogen-bond acceptors (Lipinski definition) is 1. The fourth-order valence-corrected chi connectivity index (χ4v) is 8.61. The molecule has 4 saturated carbocycles. The molecule has 4 bridgehead atoms. The van der Waals surface area contributed by atoms with Gasteiger partial charge in [-0.05, 0) is 43.9 Å². The lowest BCUT2D eigenvalue weighted by Crippen LogP contribution is -2.57. The van der Waals surface area contributed by atoms with E-state index in [1.165, 1.54) is 38.5 Å². The molecule has 0 unspecified atom stereocenters. The molecule has 0 aromatic heterocycles. The van der Waals surface area contributed by atoms with Crippen molar-refractivity contribution in [3.63, 3.8) is 0 Å². The Balaban J connectivity index is 2.00. The number of hydrogen-bond donors (Lipinski definition) is 1. The van der Waals surface area contributed by atoms with Crippen LogP contribution in [0.25, 0.3) is 0 Å². The van der Waals surface area contributed by atoms with E-state index in [2.05, 4.69) is 29.3 Å². The molecule has 0 aliphatic heterocycles. The third-order valence-corrected chi connectivity index (χ3v) is 9.08. The lowest BCUT2D eigenvalue weighted by molar-refractivity contribution is 0.0566. The molecule has 0 heterocycles. The van der Waals surface area contributed by atoms with Crippen LogP contribution in [0.15, 0.2) is 0 Å². The molecule has 0 spiro atoms. The first kappa shape index (κ1) is 11.0. The SMILES string of the molecule is C[P+](C)(N)C12C[C@@H]3C[C@H](CC(Br)(C3)C1)C2. The van der Waals surface area contributed by atoms with Gasteiger partial charge in [0.25, 0.3) is 0 Å². The maximum atomic E-state index is 6.58. The summed E-state index contributed by atoms with van der Waals surface area (Å²) in [6.07, 6.45) is 8.58. The van der Waals surface area contributed by atoms with Crippen LogP contribution < -0.4 is 5.50 Å². The molecule has 0 aromatic carbocycles.